The molecule has 26 heavy (non-hydrogen) atoms. The van der Waals surface area contributed by atoms with E-state index >= 15 is 0 Å². The summed E-state index contributed by atoms with van der Waals surface area (Å²) in [6.45, 7) is 5.81. The lowest BCUT2D eigenvalue weighted by molar-refractivity contribution is 0.0306. The zero-order valence-corrected chi connectivity index (χ0v) is 16.2. The average Bonchev–Trinajstić information content (AvgIpc) is 2.64. The van der Waals surface area contributed by atoms with Gasteiger partial charge in [-0.15, -0.1) is 0 Å². The minimum Gasteiger partial charge on any atom is -0.371 e. The SMILES string of the molecule is NCC=CCc1ccc(N2CCC3(CC2)CCN(C2CCC2)CC3)cc1. The van der Waals surface area contributed by atoms with Gasteiger partial charge in [0, 0.05) is 31.4 Å². The van der Waals surface area contributed by atoms with Gasteiger partial charge >= 0.3 is 0 Å². The number of rotatable bonds is 5. The fourth-order valence-corrected chi connectivity index (χ4v) is 5.01. The van der Waals surface area contributed by atoms with Crippen LogP contribution in [0.3, 0.4) is 0 Å². The minimum absolute atomic E-state index is 0.631. The fraction of sp³-hybridized carbons (Fsp3) is 0.652. The second-order valence-electron chi connectivity index (χ2n) is 8.69. The van der Waals surface area contributed by atoms with Crippen LogP contribution in [0.5, 0.6) is 0 Å². The van der Waals surface area contributed by atoms with Crippen LogP contribution in [0.1, 0.15) is 50.5 Å². The molecular formula is C23H35N3. The standard InChI is InChI=1S/C23H35N3/c24-15-2-1-4-20-7-9-22(10-8-20)26-18-13-23(14-19-26)11-16-25(17-12-23)21-5-3-6-21/h1-2,7-10,21H,3-6,11-19,24H2. The van der Waals surface area contributed by atoms with E-state index in [2.05, 4.69) is 40.1 Å². The highest BCUT2D eigenvalue weighted by Gasteiger charge is 2.39. The predicted molar refractivity (Wildman–Crippen MR) is 111 cm³/mol. The van der Waals surface area contributed by atoms with E-state index in [4.69, 9.17) is 5.73 Å². The number of allylic oxidation sites excluding steroid dienone is 1. The van der Waals surface area contributed by atoms with Crippen molar-refractivity contribution in [2.24, 2.45) is 11.1 Å². The number of anilines is 1. The first kappa shape index (κ1) is 18.1. The first-order valence-corrected chi connectivity index (χ1v) is 10.7. The van der Waals surface area contributed by atoms with Crippen molar-refractivity contribution < 1.29 is 0 Å². The van der Waals surface area contributed by atoms with Crippen molar-refractivity contribution in [1.29, 1.82) is 0 Å². The topological polar surface area (TPSA) is 32.5 Å². The summed E-state index contributed by atoms with van der Waals surface area (Å²) < 4.78 is 0. The van der Waals surface area contributed by atoms with Gasteiger partial charge in [-0.2, -0.15) is 0 Å². The van der Waals surface area contributed by atoms with Crippen LogP contribution < -0.4 is 10.6 Å². The third-order valence-electron chi connectivity index (χ3n) is 7.23. The number of likely N-dealkylation sites (tertiary alicyclic amines) is 1. The monoisotopic (exact) mass is 353 g/mol. The molecule has 0 bridgehead atoms. The summed E-state index contributed by atoms with van der Waals surface area (Å²) in [7, 11) is 0. The molecule has 3 aliphatic rings. The number of piperidine rings is 2. The molecule has 2 N–H and O–H groups in total. The Hall–Kier alpha value is -1.32. The number of hydrogen-bond acceptors (Lipinski definition) is 3. The van der Waals surface area contributed by atoms with Crippen LogP contribution in [-0.2, 0) is 6.42 Å². The highest BCUT2D eigenvalue weighted by molar-refractivity contribution is 5.48. The van der Waals surface area contributed by atoms with E-state index in [0.29, 0.717) is 12.0 Å². The maximum atomic E-state index is 5.51. The van der Waals surface area contributed by atoms with Gasteiger partial charge in [0.05, 0.1) is 0 Å². The van der Waals surface area contributed by atoms with Crippen LogP contribution in [0.25, 0.3) is 0 Å². The zero-order chi connectivity index (χ0) is 17.8. The lowest BCUT2D eigenvalue weighted by atomic mass is 9.70. The summed E-state index contributed by atoms with van der Waals surface area (Å²) in [5.41, 5.74) is 8.92. The molecule has 0 unspecified atom stereocenters. The van der Waals surface area contributed by atoms with Crippen LogP contribution in [0.4, 0.5) is 5.69 Å². The second kappa shape index (κ2) is 8.14. The van der Waals surface area contributed by atoms with Crippen molar-refractivity contribution in [2.45, 2.75) is 57.4 Å². The molecule has 3 fully saturated rings. The Bertz CT molecular complexity index is 584. The molecule has 1 aliphatic carbocycles. The van der Waals surface area contributed by atoms with Gasteiger partial charge in [0.25, 0.3) is 0 Å². The molecule has 0 atom stereocenters. The zero-order valence-electron chi connectivity index (χ0n) is 16.2. The first-order valence-electron chi connectivity index (χ1n) is 10.7. The van der Waals surface area contributed by atoms with Gasteiger partial charge in [0.2, 0.25) is 0 Å². The summed E-state index contributed by atoms with van der Waals surface area (Å²) in [6.07, 6.45) is 15.2. The van der Waals surface area contributed by atoms with Gasteiger partial charge in [-0.05, 0) is 81.1 Å². The lowest BCUT2D eigenvalue weighted by Crippen LogP contribution is -2.50. The summed E-state index contributed by atoms with van der Waals surface area (Å²) in [4.78, 5) is 5.39. The fourth-order valence-electron chi connectivity index (χ4n) is 5.01. The van der Waals surface area contributed by atoms with E-state index in [9.17, 15) is 0 Å². The van der Waals surface area contributed by atoms with Crippen molar-refractivity contribution in [2.75, 3.05) is 37.6 Å². The molecule has 2 heterocycles. The molecule has 2 saturated heterocycles. The van der Waals surface area contributed by atoms with E-state index in [0.717, 1.165) is 12.5 Å². The molecule has 3 nitrogen and oxygen atoms in total. The van der Waals surface area contributed by atoms with Crippen molar-refractivity contribution in [3.63, 3.8) is 0 Å². The molecule has 1 aromatic rings. The van der Waals surface area contributed by atoms with E-state index < -0.39 is 0 Å². The number of benzene rings is 1. The van der Waals surface area contributed by atoms with Crippen LogP contribution in [-0.4, -0.2) is 43.7 Å². The Morgan fingerprint density at radius 3 is 2.15 bits per heavy atom. The number of hydrogen-bond donors (Lipinski definition) is 1. The van der Waals surface area contributed by atoms with Crippen molar-refractivity contribution in [1.82, 2.24) is 4.90 Å². The molecule has 4 rings (SSSR count). The summed E-state index contributed by atoms with van der Waals surface area (Å²) in [6, 6.07) is 10.1. The molecule has 0 radical (unpaired) electrons. The Labute approximate surface area is 159 Å². The van der Waals surface area contributed by atoms with Crippen LogP contribution in [0.15, 0.2) is 36.4 Å². The van der Waals surface area contributed by atoms with Crippen LogP contribution in [0.2, 0.25) is 0 Å². The van der Waals surface area contributed by atoms with Gasteiger partial charge in [0.1, 0.15) is 0 Å². The quantitative estimate of drug-likeness (QED) is 0.813. The summed E-state index contributed by atoms with van der Waals surface area (Å²) in [5, 5.41) is 0. The summed E-state index contributed by atoms with van der Waals surface area (Å²) in [5.74, 6) is 0. The molecule has 0 aromatic heterocycles. The smallest absolute Gasteiger partial charge is 0.0366 e. The Morgan fingerprint density at radius 2 is 1.58 bits per heavy atom. The largest absolute Gasteiger partial charge is 0.371 e. The minimum atomic E-state index is 0.631. The third kappa shape index (κ3) is 3.99. The third-order valence-corrected chi connectivity index (χ3v) is 7.23. The van der Waals surface area contributed by atoms with E-state index in [1.807, 2.05) is 6.08 Å². The Kier molecular flexibility index (Phi) is 5.66. The van der Waals surface area contributed by atoms with Crippen molar-refractivity contribution in [3.05, 3.63) is 42.0 Å². The molecule has 2 aliphatic heterocycles. The second-order valence-corrected chi connectivity index (χ2v) is 8.69. The maximum absolute atomic E-state index is 5.51. The lowest BCUT2D eigenvalue weighted by Gasteiger charge is -2.50. The van der Waals surface area contributed by atoms with E-state index in [1.165, 1.54) is 82.4 Å². The van der Waals surface area contributed by atoms with Gasteiger partial charge < -0.3 is 15.5 Å². The van der Waals surface area contributed by atoms with E-state index in [-0.39, 0.29) is 0 Å². The molecule has 1 aromatic carbocycles. The van der Waals surface area contributed by atoms with E-state index in [1.54, 1.807) is 0 Å². The molecule has 1 spiro atoms. The number of nitrogens with zero attached hydrogens (tertiary/aromatic N) is 2. The van der Waals surface area contributed by atoms with Crippen molar-refractivity contribution >= 4 is 5.69 Å². The predicted octanol–water partition coefficient (Wildman–Crippen LogP) is 3.98. The molecule has 1 saturated carbocycles. The van der Waals surface area contributed by atoms with Crippen LogP contribution >= 0.6 is 0 Å². The van der Waals surface area contributed by atoms with Gasteiger partial charge in [-0.25, -0.2) is 0 Å². The molecule has 3 heteroatoms. The molecule has 142 valence electrons. The average molecular weight is 354 g/mol. The van der Waals surface area contributed by atoms with Crippen molar-refractivity contribution in [3.8, 4) is 0 Å². The Morgan fingerprint density at radius 1 is 0.923 bits per heavy atom. The molecule has 0 amide bonds. The van der Waals surface area contributed by atoms with Crippen LogP contribution in [0, 0.1) is 5.41 Å². The van der Waals surface area contributed by atoms with Gasteiger partial charge in [-0.3, -0.25) is 0 Å². The number of nitrogens with two attached hydrogens (primary N) is 1. The maximum Gasteiger partial charge on any atom is 0.0366 e. The van der Waals surface area contributed by atoms with Gasteiger partial charge in [0.15, 0.2) is 0 Å². The van der Waals surface area contributed by atoms with Gasteiger partial charge in [-0.1, -0.05) is 30.7 Å². The Balaban J connectivity index is 1.27. The highest BCUT2D eigenvalue weighted by Crippen LogP contribution is 2.43. The molecular weight excluding hydrogens is 318 g/mol. The summed E-state index contributed by atoms with van der Waals surface area (Å²) >= 11 is 0. The first-order chi connectivity index (χ1) is 12.8. The highest BCUT2D eigenvalue weighted by atomic mass is 15.2. The normalized spacial score (nSPS) is 24.3.